The first kappa shape index (κ1) is 11.3. The van der Waals surface area contributed by atoms with E-state index in [1.807, 2.05) is 28.6 Å². The molecular weight excluding hydrogens is 300 g/mol. The number of thioether (sulfide) groups is 1. The Balaban J connectivity index is 1.90. The van der Waals surface area contributed by atoms with Crippen molar-refractivity contribution in [3.63, 3.8) is 0 Å². The third-order valence-corrected chi connectivity index (χ3v) is 4.34. The number of nitrogens with zero attached hydrogens (tertiary/aromatic N) is 3. The first-order valence-electron chi connectivity index (χ1n) is 5.66. The Hall–Kier alpha value is -0.750. The first-order chi connectivity index (χ1) is 8.33. The van der Waals surface area contributed by atoms with Crippen LogP contribution in [-0.4, -0.2) is 31.9 Å². The Morgan fingerprint density at radius 3 is 3.06 bits per heavy atom. The summed E-state index contributed by atoms with van der Waals surface area (Å²) in [5.74, 6) is 3.34. The highest BCUT2D eigenvalue weighted by atomic mass is 79.9. The molecule has 0 spiro atoms. The molecule has 6 heteroatoms. The smallest absolute Gasteiger partial charge is 0.180 e. The van der Waals surface area contributed by atoms with E-state index in [4.69, 9.17) is 0 Å². The van der Waals surface area contributed by atoms with Crippen LogP contribution in [-0.2, 0) is 0 Å². The van der Waals surface area contributed by atoms with Crippen LogP contribution in [0.15, 0.2) is 23.2 Å². The molecule has 0 atom stereocenters. The summed E-state index contributed by atoms with van der Waals surface area (Å²) < 4.78 is 2.81. The zero-order chi connectivity index (χ0) is 11.7. The van der Waals surface area contributed by atoms with Gasteiger partial charge in [0.1, 0.15) is 4.60 Å². The van der Waals surface area contributed by atoms with Crippen molar-refractivity contribution in [1.29, 1.82) is 0 Å². The third kappa shape index (κ3) is 2.42. The lowest BCUT2D eigenvalue weighted by Crippen LogP contribution is -2.25. The molecule has 1 aliphatic heterocycles. The van der Waals surface area contributed by atoms with Gasteiger partial charge < -0.3 is 9.72 Å². The molecule has 0 aromatic carbocycles. The number of imidazole rings is 1. The van der Waals surface area contributed by atoms with Crippen LogP contribution in [0.4, 0.5) is 5.82 Å². The fraction of sp³-hybridized carbons (Fsp3) is 0.455. The van der Waals surface area contributed by atoms with E-state index < -0.39 is 0 Å². The van der Waals surface area contributed by atoms with Gasteiger partial charge in [-0.1, -0.05) is 0 Å². The van der Waals surface area contributed by atoms with Gasteiger partial charge in [-0.2, -0.15) is 11.8 Å². The highest BCUT2D eigenvalue weighted by Crippen LogP contribution is 2.23. The van der Waals surface area contributed by atoms with Gasteiger partial charge >= 0.3 is 0 Å². The van der Waals surface area contributed by atoms with Crippen LogP contribution < -0.4 is 5.32 Å². The van der Waals surface area contributed by atoms with Crippen LogP contribution >= 0.6 is 27.7 Å². The molecule has 0 amide bonds. The minimum atomic E-state index is 0.526. The summed E-state index contributed by atoms with van der Waals surface area (Å²) >= 11 is 5.46. The SMILES string of the molecule is Brc1cn2ccnc2c(NC2CCSCC2)n1. The second-order valence-corrected chi connectivity index (χ2v) is 6.14. The summed E-state index contributed by atoms with van der Waals surface area (Å²) in [5.41, 5.74) is 0.895. The van der Waals surface area contributed by atoms with E-state index in [0.717, 1.165) is 16.1 Å². The summed E-state index contributed by atoms with van der Waals surface area (Å²) in [4.78, 5) is 8.82. The topological polar surface area (TPSA) is 42.2 Å². The fourth-order valence-electron chi connectivity index (χ4n) is 2.03. The summed E-state index contributed by atoms with van der Waals surface area (Å²) in [6.45, 7) is 0. The van der Waals surface area contributed by atoms with E-state index in [9.17, 15) is 0 Å². The lowest BCUT2D eigenvalue weighted by atomic mass is 10.1. The molecule has 0 radical (unpaired) electrons. The highest BCUT2D eigenvalue weighted by Gasteiger charge is 2.16. The van der Waals surface area contributed by atoms with Crippen molar-refractivity contribution in [3.05, 3.63) is 23.2 Å². The number of nitrogens with one attached hydrogen (secondary N) is 1. The normalized spacial score (nSPS) is 17.5. The average molecular weight is 313 g/mol. The summed E-state index contributed by atoms with van der Waals surface area (Å²) in [6.07, 6.45) is 8.05. The van der Waals surface area contributed by atoms with Crippen LogP contribution in [0.5, 0.6) is 0 Å². The molecule has 0 bridgehead atoms. The molecule has 4 nitrogen and oxygen atoms in total. The van der Waals surface area contributed by atoms with Gasteiger partial charge in [0.15, 0.2) is 11.5 Å². The van der Waals surface area contributed by atoms with Gasteiger partial charge in [0.2, 0.25) is 0 Å². The summed E-state index contributed by atoms with van der Waals surface area (Å²) in [5, 5.41) is 3.51. The number of halogens is 1. The van der Waals surface area contributed by atoms with Crippen LogP contribution in [0.2, 0.25) is 0 Å². The number of fused-ring (bicyclic) bond motifs is 1. The first-order valence-corrected chi connectivity index (χ1v) is 7.61. The van der Waals surface area contributed by atoms with Crippen LogP contribution in [0.1, 0.15) is 12.8 Å². The minimum absolute atomic E-state index is 0.526. The van der Waals surface area contributed by atoms with E-state index in [0.29, 0.717) is 6.04 Å². The van der Waals surface area contributed by atoms with Crippen molar-refractivity contribution in [2.75, 3.05) is 16.8 Å². The van der Waals surface area contributed by atoms with E-state index in [2.05, 4.69) is 31.2 Å². The van der Waals surface area contributed by atoms with E-state index >= 15 is 0 Å². The highest BCUT2D eigenvalue weighted by molar-refractivity contribution is 9.10. The van der Waals surface area contributed by atoms with Gasteiger partial charge in [-0.05, 0) is 40.3 Å². The average Bonchev–Trinajstić information content (AvgIpc) is 2.78. The predicted molar refractivity (Wildman–Crippen MR) is 74.7 cm³/mol. The van der Waals surface area contributed by atoms with Crippen molar-refractivity contribution < 1.29 is 0 Å². The van der Waals surface area contributed by atoms with Crippen molar-refractivity contribution in [1.82, 2.24) is 14.4 Å². The second kappa shape index (κ2) is 4.86. The van der Waals surface area contributed by atoms with Gasteiger partial charge in [0.25, 0.3) is 0 Å². The fourth-order valence-corrected chi connectivity index (χ4v) is 3.54. The maximum absolute atomic E-state index is 4.48. The molecule has 1 N–H and O–H groups in total. The molecule has 1 fully saturated rings. The third-order valence-electron chi connectivity index (χ3n) is 2.91. The van der Waals surface area contributed by atoms with Crippen molar-refractivity contribution >= 4 is 39.2 Å². The molecule has 3 heterocycles. The largest absolute Gasteiger partial charge is 0.364 e. The molecule has 17 heavy (non-hydrogen) atoms. The van der Waals surface area contributed by atoms with Gasteiger partial charge in [0, 0.05) is 24.6 Å². The van der Waals surface area contributed by atoms with E-state index in [1.165, 1.54) is 24.3 Å². The Morgan fingerprint density at radius 2 is 2.24 bits per heavy atom. The zero-order valence-corrected chi connectivity index (χ0v) is 11.7. The maximum Gasteiger partial charge on any atom is 0.180 e. The maximum atomic E-state index is 4.48. The van der Waals surface area contributed by atoms with Crippen molar-refractivity contribution in [3.8, 4) is 0 Å². The van der Waals surface area contributed by atoms with Crippen LogP contribution in [0.3, 0.4) is 0 Å². The molecule has 1 saturated heterocycles. The van der Waals surface area contributed by atoms with Gasteiger partial charge in [-0.15, -0.1) is 0 Å². The quantitative estimate of drug-likeness (QED) is 0.926. The van der Waals surface area contributed by atoms with Gasteiger partial charge in [-0.3, -0.25) is 0 Å². The van der Waals surface area contributed by atoms with Crippen LogP contribution in [0, 0.1) is 0 Å². The van der Waals surface area contributed by atoms with E-state index in [-0.39, 0.29) is 0 Å². The molecule has 90 valence electrons. The number of hydrogen-bond donors (Lipinski definition) is 1. The lowest BCUT2D eigenvalue weighted by Gasteiger charge is -2.23. The molecule has 0 unspecified atom stereocenters. The summed E-state index contributed by atoms with van der Waals surface area (Å²) in [7, 11) is 0. The molecule has 1 aliphatic rings. The van der Waals surface area contributed by atoms with Crippen LogP contribution in [0.25, 0.3) is 5.65 Å². The standard InChI is InChI=1S/C11H13BrN4S/c12-9-7-16-4-3-13-11(16)10(15-9)14-8-1-5-17-6-2-8/h3-4,7-8H,1-2,5-6H2,(H,14,15). The Bertz CT molecular complexity index is 521. The number of aromatic nitrogens is 3. The molecule has 0 aliphatic carbocycles. The van der Waals surface area contributed by atoms with E-state index in [1.54, 1.807) is 6.20 Å². The molecular formula is C11H13BrN4S. The Kier molecular flexibility index (Phi) is 3.24. The number of rotatable bonds is 2. The second-order valence-electron chi connectivity index (χ2n) is 4.10. The number of hydrogen-bond acceptors (Lipinski definition) is 4. The zero-order valence-electron chi connectivity index (χ0n) is 9.27. The minimum Gasteiger partial charge on any atom is -0.364 e. The van der Waals surface area contributed by atoms with Gasteiger partial charge in [-0.25, -0.2) is 9.97 Å². The monoisotopic (exact) mass is 312 g/mol. The van der Waals surface area contributed by atoms with Crippen molar-refractivity contribution in [2.45, 2.75) is 18.9 Å². The molecule has 0 saturated carbocycles. The Labute approximate surface area is 112 Å². The summed E-state index contributed by atoms with van der Waals surface area (Å²) in [6, 6.07) is 0.526. The lowest BCUT2D eigenvalue weighted by molar-refractivity contribution is 0.663. The number of anilines is 1. The molecule has 2 aromatic rings. The molecule has 3 rings (SSSR count). The van der Waals surface area contributed by atoms with Crippen molar-refractivity contribution in [2.24, 2.45) is 0 Å². The Morgan fingerprint density at radius 1 is 1.41 bits per heavy atom. The predicted octanol–water partition coefficient (Wildman–Crippen LogP) is 2.80. The van der Waals surface area contributed by atoms with Gasteiger partial charge in [0.05, 0.1) is 0 Å². The molecule has 2 aromatic heterocycles.